The van der Waals surface area contributed by atoms with Crippen molar-refractivity contribution >= 4 is 38.9 Å². The van der Waals surface area contributed by atoms with Crippen molar-refractivity contribution in [2.75, 3.05) is 0 Å². The van der Waals surface area contributed by atoms with Gasteiger partial charge in [-0.25, -0.2) is 5.43 Å². The van der Waals surface area contributed by atoms with Crippen LogP contribution in [0, 0.1) is 0 Å². The Bertz CT molecular complexity index is 469. The lowest BCUT2D eigenvalue weighted by molar-refractivity contribution is 0.646. The number of thiophene rings is 1. The smallest absolute Gasteiger partial charge is 0.0817 e. The summed E-state index contributed by atoms with van der Waals surface area (Å²) in [7, 11) is 0. The summed E-state index contributed by atoms with van der Waals surface area (Å²) in [6, 6.07) is 9.84. The van der Waals surface area contributed by atoms with Crippen LogP contribution in [0.5, 0.6) is 0 Å². The topological polar surface area (TPSA) is 38.0 Å². The average Bonchev–Trinajstić information content (AvgIpc) is 2.69. The molecule has 1 aromatic heterocycles. The van der Waals surface area contributed by atoms with Crippen molar-refractivity contribution in [1.82, 2.24) is 5.43 Å². The fourth-order valence-electron chi connectivity index (χ4n) is 1.49. The maximum absolute atomic E-state index is 6.10. The van der Waals surface area contributed by atoms with Crippen LogP contribution in [0.2, 0.25) is 5.02 Å². The van der Waals surface area contributed by atoms with E-state index in [9.17, 15) is 0 Å². The van der Waals surface area contributed by atoms with Gasteiger partial charge in [0.15, 0.2) is 0 Å². The Morgan fingerprint density at radius 1 is 1.25 bits per heavy atom. The lowest BCUT2D eigenvalue weighted by Crippen LogP contribution is -2.28. The molecule has 0 aliphatic carbocycles. The van der Waals surface area contributed by atoms with E-state index in [1.54, 1.807) is 11.3 Å². The highest BCUT2D eigenvalue weighted by Crippen LogP contribution is 2.32. The molecule has 0 aliphatic heterocycles. The van der Waals surface area contributed by atoms with Gasteiger partial charge in [0.2, 0.25) is 0 Å². The van der Waals surface area contributed by atoms with Gasteiger partial charge in [-0.05, 0) is 29.1 Å². The third-order valence-electron chi connectivity index (χ3n) is 2.28. The zero-order valence-electron chi connectivity index (χ0n) is 8.28. The monoisotopic (exact) mass is 316 g/mol. The molecule has 0 aliphatic rings. The fourth-order valence-corrected chi connectivity index (χ4v) is 3.01. The quantitative estimate of drug-likeness (QED) is 0.669. The van der Waals surface area contributed by atoms with E-state index in [4.69, 9.17) is 17.4 Å². The molecule has 1 heterocycles. The maximum atomic E-state index is 6.10. The highest BCUT2D eigenvalue weighted by atomic mass is 79.9. The predicted octanol–water partition coefficient (Wildman–Crippen LogP) is 3.72. The van der Waals surface area contributed by atoms with Crippen molar-refractivity contribution in [2.45, 2.75) is 6.04 Å². The molecule has 1 aromatic carbocycles. The Hall–Kier alpha value is -0.390. The minimum atomic E-state index is -0.0550. The highest BCUT2D eigenvalue weighted by Gasteiger charge is 2.16. The first-order valence-corrected chi connectivity index (χ1v) is 6.72. The van der Waals surface area contributed by atoms with Gasteiger partial charge in [0.1, 0.15) is 0 Å². The Labute approximate surface area is 112 Å². The lowest BCUT2D eigenvalue weighted by atomic mass is 10.1. The second-order valence-electron chi connectivity index (χ2n) is 3.28. The molecule has 0 saturated carbocycles. The highest BCUT2D eigenvalue weighted by molar-refractivity contribution is 9.10. The minimum Gasteiger partial charge on any atom is -0.271 e. The standard InChI is InChI=1S/C11H10BrClN2S/c12-8-3-1-7(2-4-8)10(15-14)11-9(13)5-6-16-11/h1-6,10,15H,14H2. The van der Waals surface area contributed by atoms with Crippen LogP contribution in [0.3, 0.4) is 0 Å². The van der Waals surface area contributed by atoms with Gasteiger partial charge in [0.05, 0.1) is 11.1 Å². The minimum absolute atomic E-state index is 0.0550. The lowest BCUT2D eigenvalue weighted by Gasteiger charge is -2.15. The first-order valence-electron chi connectivity index (χ1n) is 4.67. The van der Waals surface area contributed by atoms with Gasteiger partial charge >= 0.3 is 0 Å². The second kappa shape index (κ2) is 5.29. The van der Waals surface area contributed by atoms with Crippen molar-refractivity contribution in [3.8, 4) is 0 Å². The molecular weight excluding hydrogens is 308 g/mol. The first kappa shape index (κ1) is 12.1. The molecule has 1 atom stereocenters. The summed E-state index contributed by atoms with van der Waals surface area (Å²) in [5.74, 6) is 5.59. The summed E-state index contributed by atoms with van der Waals surface area (Å²) in [5.41, 5.74) is 3.88. The molecule has 2 rings (SSSR count). The van der Waals surface area contributed by atoms with Crippen molar-refractivity contribution in [3.63, 3.8) is 0 Å². The summed E-state index contributed by atoms with van der Waals surface area (Å²) in [6.07, 6.45) is 0. The summed E-state index contributed by atoms with van der Waals surface area (Å²) in [4.78, 5) is 1.03. The van der Waals surface area contributed by atoms with Gasteiger partial charge in [0, 0.05) is 9.35 Å². The maximum Gasteiger partial charge on any atom is 0.0817 e. The zero-order valence-corrected chi connectivity index (χ0v) is 11.4. The van der Waals surface area contributed by atoms with E-state index >= 15 is 0 Å². The molecule has 1 unspecified atom stereocenters. The molecule has 0 bridgehead atoms. The fraction of sp³-hybridized carbons (Fsp3) is 0.0909. The number of nitrogens with one attached hydrogen (secondary N) is 1. The number of halogens is 2. The van der Waals surface area contributed by atoms with Gasteiger partial charge in [-0.1, -0.05) is 39.7 Å². The normalized spacial score (nSPS) is 12.7. The van der Waals surface area contributed by atoms with Crippen LogP contribution in [0.15, 0.2) is 40.2 Å². The molecule has 0 saturated heterocycles. The van der Waals surface area contributed by atoms with Gasteiger partial charge < -0.3 is 0 Å². The Morgan fingerprint density at radius 2 is 1.94 bits per heavy atom. The van der Waals surface area contributed by atoms with Crippen LogP contribution in [0.1, 0.15) is 16.5 Å². The summed E-state index contributed by atoms with van der Waals surface area (Å²) >= 11 is 11.1. The van der Waals surface area contributed by atoms with Crippen molar-refractivity contribution in [2.24, 2.45) is 5.84 Å². The third-order valence-corrected chi connectivity index (χ3v) is 4.23. The second-order valence-corrected chi connectivity index (χ2v) is 5.55. The van der Waals surface area contributed by atoms with Crippen LogP contribution in [-0.2, 0) is 0 Å². The molecule has 0 amide bonds. The molecule has 3 N–H and O–H groups in total. The molecule has 5 heteroatoms. The molecule has 84 valence electrons. The van der Waals surface area contributed by atoms with Crippen LogP contribution in [-0.4, -0.2) is 0 Å². The number of hydrogen-bond acceptors (Lipinski definition) is 3. The summed E-state index contributed by atoms with van der Waals surface area (Å²) < 4.78 is 1.05. The average molecular weight is 318 g/mol. The Balaban J connectivity index is 2.37. The first-order chi connectivity index (χ1) is 7.72. The largest absolute Gasteiger partial charge is 0.271 e. The van der Waals surface area contributed by atoms with Crippen molar-refractivity contribution < 1.29 is 0 Å². The molecule has 2 nitrogen and oxygen atoms in total. The number of benzene rings is 1. The number of hydrazine groups is 1. The Morgan fingerprint density at radius 3 is 2.44 bits per heavy atom. The van der Waals surface area contributed by atoms with Gasteiger partial charge in [-0.15, -0.1) is 11.3 Å². The van der Waals surface area contributed by atoms with Crippen LogP contribution >= 0.6 is 38.9 Å². The van der Waals surface area contributed by atoms with E-state index in [-0.39, 0.29) is 6.04 Å². The van der Waals surface area contributed by atoms with Gasteiger partial charge in [-0.2, -0.15) is 0 Å². The zero-order chi connectivity index (χ0) is 11.5. The van der Waals surface area contributed by atoms with Gasteiger partial charge in [0.25, 0.3) is 0 Å². The van der Waals surface area contributed by atoms with E-state index in [1.807, 2.05) is 35.7 Å². The predicted molar refractivity (Wildman–Crippen MR) is 72.6 cm³/mol. The van der Waals surface area contributed by atoms with E-state index in [2.05, 4.69) is 21.4 Å². The van der Waals surface area contributed by atoms with E-state index in [0.717, 1.165) is 19.9 Å². The molecule has 0 radical (unpaired) electrons. The number of hydrogen-bond donors (Lipinski definition) is 2. The van der Waals surface area contributed by atoms with Crippen molar-refractivity contribution in [1.29, 1.82) is 0 Å². The summed E-state index contributed by atoms with van der Waals surface area (Å²) in [5, 5.41) is 2.71. The molecule has 0 spiro atoms. The SMILES string of the molecule is NNC(c1ccc(Br)cc1)c1sccc1Cl. The van der Waals surface area contributed by atoms with Crippen LogP contribution in [0.25, 0.3) is 0 Å². The number of rotatable bonds is 3. The third kappa shape index (κ3) is 2.47. The summed E-state index contributed by atoms with van der Waals surface area (Å²) in [6.45, 7) is 0. The van der Waals surface area contributed by atoms with E-state index in [0.29, 0.717) is 0 Å². The molecule has 2 aromatic rings. The number of nitrogens with two attached hydrogens (primary N) is 1. The Kier molecular flexibility index (Phi) is 4.00. The van der Waals surface area contributed by atoms with Crippen LogP contribution < -0.4 is 11.3 Å². The molecule has 16 heavy (non-hydrogen) atoms. The van der Waals surface area contributed by atoms with Gasteiger partial charge in [-0.3, -0.25) is 5.84 Å². The van der Waals surface area contributed by atoms with Crippen LogP contribution in [0.4, 0.5) is 0 Å². The molecule has 0 fully saturated rings. The molecular formula is C11H10BrClN2S. The van der Waals surface area contributed by atoms with E-state index < -0.39 is 0 Å². The van der Waals surface area contributed by atoms with Crippen molar-refractivity contribution in [3.05, 3.63) is 55.6 Å². The van der Waals surface area contributed by atoms with E-state index in [1.165, 1.54) is 0 Å².